The summed E-state index contributed by atoms with van der Waals surface area (Å²) in [6.07, 6.45) is 1.06. The molecule has 4 heteroatoms. The largest absolute Gasteiger partial charge is 0.497 e. The van der Waals surface area contributed by atoms with Crippen LogP contribution in [0.5, 0.6) is 5.75 Å². The Balaban J connectivity index is 2.22. The molecule has 1 aliphatic carbocycles. The molecule has 0 bridgehead atoms. The van der Waals surface area contributed by atoms with Gasteiger partial charge in [-0.15, -0.1) is 0 Å². The third-order valence-corrected chi connectivity index (χ3v) is 4.44. The molecule has 1 aromatic carbocycles. The molecule has 0 radical (unpaired) electrons. The van der Waals surface area contributed by atoms with Crippen molar-refractivity contribution in [2.45, 2.75) is 31.5 Å². The van der Waals surface area contributed by atoms with Crippen molar-refractivity contribution in [2.24, 2.45) is 0 Å². The van der Waals surface area contributed by atoms with Crippen LogP contribution >= 0.6 is 0 Å². The SMILES string of the molecule is CNC1c2cc(OC)ccc2CC1N(C)C(C)COC. The lowest BCUT2D eigenvalue weighted by atomic mass is 10.1. The fraction of sp³-hybridized carbons (Fsp3) is 0.625. The first-order valence-corrected chi connectivity index (χ1v) is 7.17. The van der Waals surface area contributed by atoms with E-state index in [-0.39, 0.29) is 0 Å². The van der Waals surface area contributed by atoms with Crippen LogP contribution in [0.15, 0.2) is 18.2 Å². The summed E-state index contributed by atoms with van der Waals surface area (Å²) < 4.78 is 10.6. The molecule has 1 aliphatic rings. The summed E-state index contributed by atoms with van der Waals surface area (Å²) in [4.78, 5) is 2.41. The lowest BCUT2D eigenvalue weighted by Crippen LogP contribution is -2.45. The maximum absolute atomic E-state index is 5.35. The van der Waals surface area contributed by atoms with Gasteiger partial charge in [-0.2, -0.15) is 0 Å². The van der Waals surface area contributed by atoms with E-state index in [9.17, 15) is 0 Å². The molecular formula is C16H26N2O2. The molecule has 0 saturated carbocycles. The van der Waals surface area contributed by atoms with Gasteiger partial charge >= 0.3 is 0 Å². The number of rotatable bonds is 6. The van der Waals surface area contributed by atoms with E-state index in [1.165, 1.54) is 11.1 Å². The number of nitrogens with zero attached hydrogens (tertiary/aromatic N) is 1. The third-order valence-electron chi connectivity index (χ3n) is 4.44. The minimum atomic E-state index is 0.337. The average molecular weight is 278 g/mol. The number of hydrogen-bond donors (Lipinski definition) is 1. The molecule has 1 aromatic rings. The molecule has 0 heterocycles. The summed E-state index contributed by atoms with van der Waals surface area (Å²) in [6.45, 7) is 2.96. The average Bonchev–Trinajstić information content (AvgIpc) is 2.83. The Labute approximate surface area is 122 Å². The van der Waals surface area contributed by atoms with Gasteiger partial charge in [0, 0.05) is 25.2 Å². The number of ether oxygens (including phenoxy) is 2. The Bertz CT molecular complexity index is 450. The van der Waals surface area contributed by atoms with Crippen molar-refractivity contribution in [3.8, 4) is 5.75 Å². The smallest absolute Gasteiger partial charge is 0.119 e. The molecular weight excluding hydrogens is 252 g/mol. The zero-order valence-corrected chi connectivity index (χ0v) is 13.1. The zero-order valence-electron chi connectivity index (χ0n) is 13.1. The number of fused-ring (bicyclic) bond motifs is 1. The predicted molar refractivity (Wildman–Crippen MR) is 81.4 cm³/mol. The second-order valence-corrected chi connectivity index (χ2v) is 5.57. The molecule has 0 aromatic heterocycles. The van der Waals surface area contributed by atoms with Crippen LogP contribution in [-0.4, -0.2) is 51.9 Å². The zero-order chi connectivity index (χ0) is 14.7. The van der Waals surface area contributed by atoms with Crippen LogP contribution < -0.4 is 10.1 Å². The highest BCUT2D eigenvalue weighted by Gasteiger charge is 2.35. The molecule has 0 aliphatic heterocycles. The second kappa shape index (κ2) is 6.57. The molecule has 0 saturated heterocycles. The van der Waals surface area contributed by atoms with E-state index in [2.05, 4.69) is 36.3 Å². The molecule has 4 nitrogen and oxygen atoms in total. The monoisotopic (exact) mass is 278 g/mol. The fourth-order valence-electron chi connectivity index (χ4n) is 3.14. The summed E-state index contributed by atoms with van der Waals surface area (Å²) in [5.41, 5.74) is 2.76. The van der Waals surface area contributed by atoms with Gasteiger partial charge in [0.15, 0.2) is 0 Å². The van der Waals surface area contributed by atoms with E-state index in [1.54, 1.807) is 14.2 Å². The van der Waals surface area contributed by atoms with Crippen LogP contribution in [0.3, 0.4) is 0 Å². The van der Waals surface area contributed by atoms with Gasteiger partial charge < -0.3 is 14.8 Å². The van der Waals surface area contributed by atoms with Crippen LogP contribution in [0.1, 0.15) is 24.1 Å². The number of benzene rings is 1. The lowest BCUT2D eigenvalue weighted by Gasteiger charge is -2.34. The van der Waals surface area contributed by atoms with Crippen molar-refractivity contribution in [3.63, 3.8) is 0 Å². The molecule has 3 unspecified atom stereocenters. The Morgan fingerprint density at radius 3 is 2.75 bits per heavy atom. The Morgan fingerprint density at radius 2 is 2.15 bits per heavy atom. The number of nitrogens with one attached hydrogen (secondary N) is 1. The highest BCUT2D eigenvalue weighted by atomic mass is 16.5. The molecule has 1 N–H and O–H groups in total. The first kappa shape index (κ1) is 15.3. The first-order valence-electron chi connectivity index (χ1n) is 7.17. The predicted octanol–water partition coefficient (Wildman–Crippen LogP) is 1.85. The van der Waals surface area contributed by atoms with Crippen LogP contribution in [0.2, 0.25) is 0 Å². The fourth-order valence-corrected chi connectivity index (χ4v) is 3.14. The molecule has 3 atom stereocenters. The van der Waals surface area contributed by atoms with E-state index in [0.717, 1.165) is 18.8 Å². The number of methoxy groups -OCH3 is 2. The molecule has 0 fully saturated rings. The summed E-state index contributed by atoms with van der Waals surface area (Å²) in [6, 6.07) is 7.58. The number of hydrogen-bond acceptors (Lipinski definition) is 4. The standard InChI is InChI=1S/C16H26N2O2/c1-11(10-19-4)18(3)15-8-12-6-7-13(20-5)9-14(12)16(15)17-2/h6-7,9,11,15-17H,8,10H2,1-5H3. The summed E-state index contributed by atoms with van der Waals surface area (Å²) in [5, 5.41) is 3.46. The quantitative estimate of drug-likeness (QED) is 0.861. The number of likely N-dealkylation sites (N-methyl/N-ethyl adjacent to an activating group) is 2. The van der Waals surface area contributed by atoms with Gasteiger partial charge in [0.05, 0.1) is 13.7 Å². The van der Waals surface area contributed by atoms with Crippen LogP contribution in [-0.2, 0) is 11.2 Å². The molecule has 2 rings (SSSR count). The summed E-state index contributed by atoms with van der Waals surface area (Å²) >= 11 is 0. The normalized spacial score (nSPS) is 22.9. The lowest BCUT2D eigenvalue weighted by molar-refractivity contribution is 0.0803. The van der Waals surface area contributed by atoms with E-state index < -0.39 is 0 Å². The topological polar surface area (TPSA) is 33.7 Å². The van der Waals surface area contributed by atoms with Crippen molar-refractivity contribution in [1.29, 1.82) is 0 Å². The Morgan fingerprint density at radius 1 is 1.40 bits per heavy atom. The van der Waals surface area contributed by atoms with Crippen molar-refractivity contribution >= 4 is 0 Å². The van der Waals surface area contributed by atoms with Crippen molar-refractivity contribution in [3.05, 3.63) is 29.3 Å². The Hall–Kier alpha value is -1.10. The van der Waals surface area contributed by atoms with E-state index in [1.807, 2.05) is 13.1 Å². The molecule has 112 valence electrons. The van der Waals surface area contributed by atoms with Gasteiger partial charge in [0.1, 0.15) is 5.75 Å². The van der Waals surface area contributed by atoms with Gasteiger partial charge in [0.2, 0.25) is 0 Å². The van der Waals surface area contributed by atoms with E-state index in [0.29, 0.717) is 18.1 Å². The van der Waals surface area contributed by atoms with Gasteiger partial charge in [0.25, 0.3) is 0 Å². The maximum atomic E-state index is 5.35. The van der Waals surface area contributed by atoms with Crippen LogP contribution in [0.4, 0.5) is 0 Å². The highest BCUT2D eigenvalue weighted by molar-refractivity contribution is 5.42. The van der Waals surface area contributed by atoms with Gasteiger partial charge in [-0.25, -0.2) is 0 Å². The van der Waals surface area contributed by atoms with Crippen molar-refractivity contribution in [2.75, 3.05) is 34.9 Å². The maximum Gasteiger partial charge on any atom is 0.119 e. The minimum absolute atomic E-state index is 0.337. The highest BCUT2D eigenvalue weighted by Crippen LogP contribution is 2.36. The molecule has 0 amide bonds. The van der Waals surface area contributed by atoms with Crippen molar-refractivity contribution in [1.82, 2.24) is 10.2 Å². The molecule has 20 heavy (non-hydrogen) atoms. The van der Waals surface area contributed by atoms with Gasteiger partial charge in [-0.3, -0.25) is 4.90 Å². The Kier molecular flexibility index (Phi) is 5.02. The first-order chi connectivity index (χ1) is 9.62. The van der Waals surface area contributed by atoms with Crippen LogP contribution in [0.25, 0.3) is 0 Å². The summed E-state index contributed by atoms with van der Waals surface area (Å²) in [7, 11) is 7.69. The van der Waals surface area contributed by atoms with Gasteiger partial charge in [-0.1, -0.05) is 6.07 Å². The molecule has 0 spiro atoms. The minimum Gasteiger partial charge on any atom is -0.497 e. The van der Waals surface area contributed by atoms with Gasteiger partial charge in [-0.05, 0) is 50.7 Å². The van der Waals surface area contributed by atoms with Crippen LogP contribution in [0, 0.1) is 0 Å². The second-order valence-electron chi connectivity index (χ2n) is 5.57. The third kappa shape index (κ3) is 2.82. The van der Waals surface area contributed by atoms with Crippen molar-refractivity contribution < 1.29 is 9.47 Å². The van der Waals surface area contributed by atoms with E-state index in [4.69, 9.17) is 9.47 Å². The van der Waals surface area contributed by atoms with E-state index >= 15 is 0 Å². The summed E-state index contributed by atoms with van der Waals surface area (Å²) in [5.74, 6) is 0.928.